The van der Waals surface area contributed by atoms with Crippen molar-refractivity contribution in [2.45, 2.75) is 74.1 Å². The molecule has 10 heteroatoms. The highest BCUT2D eigenvalue weighted by Crippen LogP contribution is 2.53. The number of amides is 1. The van der Waals surface area contributed by atoms with Gasteiger partial charge in [0.05, 0.1) is 16.6 Å². The Morgan fingerprint density at radius 3 is 2.36 bits per heavy atom. The molecule has 0 unspecified atom stereocenters. The molecule has 4 aliphatic carbocycles. The lowest BCUT2D eigenvalue weighted by Crippen LogP contribution is -2.58. The fourth-order valence-electron chi connectivity index (χ4n) is 6.21. The number of hydrogen-bond donors (Lipinski definition) is 1. The quantitative estimate of drug-likeness (QED) is 0.445. The number of aryl methyl sites for hydroxylation is 1. The topological polar surface area (TPSA) is 111 Å². The minimum absolute atomic E-state index is 0.0930. The molecular formula is C26H28N6O3S. The van der Waals surface area contributed by atoms with Gasteiger partial charge in [0, 0.05) is 23.1 Å². The van der Waals surface area contributed by atoms with Gasteiger partial charge in [0.2, 0.25) is 5.91 Å². The molecule has 36 heavy (non-hydrogen) atoms. The highest BCUT2D eigenvalue weighted by atomic mass is 32.2. The number of nitrogens with one attached hydrogen (secondary N) is 1. The van der Waals surface area contributed by atoms with Gasteiger partial charge in [0.15, 0.2) is 11.3 Å². The number of nitrogens with zero attached hydrogens (tertiary/aromatic N) is 5. The van der Waals surface area contributed by atoms with Gasteiger partial charge >= 0.3 is 0 Å². The van der Waals surface area contributed by atoms with Crippen LogP contribution < -0.4 is 5.32 Å². The minimum atomic E-state index is -3.80. The number of aromatic nitrogens is 5. The summed E-state index contributed by atoms with van der Waals surface area (Å²) < 4.78 is 30.1. The van der Waals surface area contributed by atoms with Gasteiger partial charge < -0.3 is 5.32 Å². The first-order valence-corrected chi connectivity index (χ1v) is 14.1. The Bertz CT molecular complexity index is 1610. The summed E-state index contributed by atoms with van der Waals surface area (Å²) in [6, 6.07) is 8.62. The van der Waals surface area contributed by atoms with E-state index in [1.165, 1.54) is 3.97 Å². The van der Waals surface area contributed by atoms with E-state index in [1.54, 1.807) is 42.7 Å². The fourth-order valence-corrected chi connectivity index (χ4v) is 7.51. The van der Waals surface area contributed by atoms with E-state index >= 15 is 0 Å². The van der Waals surface area contributed by atoms with Gasteiger partial charge in [-0.05, 0) is 76.5 Å². The molecule has 0 saturated heterocycles. The van der Waals surface area contributed by atoms with Crippen LogP contribution in [-0.4, -0.2) is 43.4 Å². The van der Waals surface area contributed by atoms with E-state index in [0.717, 1.165) is 62.8 Å². The molecule has 3 aromatic heterocycles. The minimum Gasteiger partial charge on any atom is -0.350 e. The van der Waals surface area contributed by atoms with Crippen molar-refractivity contribution in [3.8, 4) is 0 Å². The Morgan fingerprint density at radius 2 is 1.69 bits per heavy atom. The van der Waals surface area contributed by atoms with E-state index < -0.39 is 10.0 Å². The predicted octanol–water partition coefficient (Wildman–Crippen LogP) is 3.50. The average Bonchev–Trinajstić information content (AvgIpc) is 3.49. The molecule has 0 radical (unpaired) electrons. The Morgan fingerprint density at radius 1 is 1.00 bits per heavy atom. The summed E-state index contributed by atoms with van der Waals surface area (Å²) in [6.07, 6.45) is 10.7. The molecule has 0 atom stereocenters. The molecule has 1 amide bonds. The number of hydrogen-bond acceptors (Lipinski definition) is 6. The highest BCUT2D eigenvalue weighted by molar-refractivity contribution is 7.90. The molecule has 4 aromatic rings. The zero-order valence-electron chi connectivity index (χ0n) is 20.1. The molecule has 0 spiro atoms. The van der Waals surface area contributed by atoms with Crippen molar-refractivity contribution in [3.63, 3.8) is 0 Å². The van der Waals surface area contributed by atoms with Gasteiger partial charge in [-0.15, -0.1) is 10.2 Å². The van der Waals surface area contributed by atoms with Crippen molar-refractivity contribution >= 4 is 32.7 Å². The Labute approximate surface area is 209 Å². The van der Waals surface area contributed by atoms with Crippen LogP contribution in [0.5, 0.6) is 0 Å². The summed E-state index contributed by atoms with van der Waals surface area (Å²) in [4.78, 5) is 17.2. The molecule has 2 bridgehead atoms. The third kappa shape index (κ3) is 3.16. The number of carbonyl (C=O) groups is 1. The lowest BCUT2D eigenvalue weighted by molar-refractivity contribution is -0.125. The first kappa shape index (κ1) is 22.0. The van der Waals surface area contributed by atoms with Crippen molar-refractivity contribution in [2.24, 2.45) is 5.92 Å². The monoisotopic (exact) mass is 504 g/mol. The smallest absolute Gasteiger partial charge is 0.269 e. The van der Waals surface area contributed by atoms with Gasteiger partial charge in [-0.1, -0.05) is 17.7 Å². The second kappa shape index (κ2) is 7.38. The molecule has 1 N–H and O–H groups in total. The van der Waals surface area contributed by atoms with E-state index in [9.17, 15) is 13.2 Å². The first-order valence-electron chi connectivity index (χ1n) is 12.7. The standard InChI is InChI=1S/C26H28N6O3S/c1-17-2-6-19(7-3-17)36(34,35)31-15-8-20-22(31)27-16-21-29-30-24(32(20)21)25-9-12-26(13-10-25,14-11-25)28-23(33)18-4-5-18/h2-3,6-8,15-16,18H,4-5,9-14H2,1H3,(H,28,33). The summed E-state index contributed by atoms with van der Waals surface area (Å²) in [5.74, 6) is 1.31. The summed E-state index contributed by atoms with van der Waals surface area (Å²) >= 11 is 0. The fraction of sp³-hybridized carbons (Fsp3) is 0.462. The molecule has 4 saturated carbocycles. The van der Waals surface area contributed by atoms with Crippen LogP contribution in [0.3, 0.4) is 0 Å². The SMILES string of the molecule is Cc1ccc(S(=O)(=O)n2ccc3c2ncc2nnc(C45CCC(NC(=O)C6CC6)(CC4)CC5)n23)cc1. The van der Waals surface area contributed by atoms with E-state index in [4.69, 9.17) is 0 Å². The molecule has 4 fully saturated rings. The van der Waals surface area contributed by atoms with Crippen molar-refractivity contribution in [2.75, 3.05) is 0 Å². The molecule has 8 rings (SSSR count). The number of benzene rings is 1. The molecule has 3 heterocycles. The Balaban J connectivity index is 1.27. The third-order valence-corrected chi connectivity index (χ3v) is 10.4. The highest BCUT2D eigenvalue weighted by Gasteiger charge is 2.52. The van der Waals surface area contributed by atoms with Crippen LogP contribution in [0.1, 0.15) is 62.8 Å². The molecule has 9 nitrogen and oxygen atoms in total. The van der Waals surface area contributed by atoms with Crippen LogP contribution in [-0.2, 0) is 20.2 Å². The zero-order chi connectivity index (χ0) is 24.7. The van der Waals surface area contributed by atoms with Crippen LogP contribution >= 0.6 is 0 Å². The van der Waals surface area contributed by atoms with Gasteiger partial charge in [-0.25, -0.2) is 17.4 Å². The van der Waals surface area contributed by atoms with Crippen molar-refractivity contribution in [1.29, 1.82) is 0 Å². The van der Waals surface area contributed by atoms with Crippen LogP contribution in [0.15, 0.2) is 47.6 Å². The summed E-state index contributed by atoms with van der Waals surface area (Å²) in [5, 5.41) is 12.4. The molecule has 1 aromatic carbocycles. The van der Waals surface area contributed by atoms with E-state index in [1.807, 2.05) is 11.3 Å². The van der Waals surface area contributed by atoms with Gasteiger partial charge in [-0.2, -0.15) is 0 Å². The maximum Gasteiger partial charge on any atom is 0.269 e. The van der Waals surface area contributed by atoms with Crippen molar-refractivity contribution in [1.82, 2.24) is 28.9 Å². The van der Waals surface area contributed by atoms with E-state index in [-0.39, 0.29) is 27.7 Å². The maximum atomic E-state index is 13.4. The maximum absolute atomic E-state index is 13.4. The lowest BCUT2D eigenvalue weighted by atomic mass is 9.57. The van der Waals surface area contributed by atoms with Crippen LogP contribution in [0.2, 0.25) is 0 Å². The van der Waals surface area contributed by atoms with Crippen molar-refractivity contribution < 1.29 is 13.2 Å². The third-order valence-electron chi connectivity index (χ3n) is 8.67. The van der Waals surface area contributed by atoms with E-state index in [2.05, 4.69) is 20.5 Å². The lowest BCUT2D eigenvalue weighted by Gasteiger charge is -2.52. The molecule has 4 aliphatic rings. The van der Waals surface area contributed by atoms with E-state index in [0.29, 0.717) is 16.8 Å². The molecular weight excluding hydrogens is 476 g/mol. The van der Waals surface area contributed by atoms with Gasteiger partial charge in [0.25, 0.3) is 10.0 Å². The zero-order valence-corrected chi connectivity index (χ0v) is 21.0. The number of fused-ring (bicyclic) bond motifs is 6. The van der Waals surface area contributed by atoms with Gasteiger partial charge in [-0.3, -0.25) is 9.20 Å². The number of rotatable bonds is 5. The largest absolute Gasteiger partial charge is 0.350 e. The summed E-state index contributed by atoms with van der Waals surface area (Å²) in [6.45, 7) is 1.92. The van der Waals surface area contributed by atoms with Crippen molar-refractivity contribution in [3.05, 3.63) is 54.1 Å². The average molecular weight is 505 g/mol. The number of carbonyl (C=O) groups excluding carboxylic acids is 1. The normalized spacial score (nSPS) is 26.0. The Kier molecular flexibility index (Phi) is 4.50. The molecule has 186 valence electrons. The first-order chi connectivity index (χ1) is 17.3. The second-order valence-electron chi connectivity index (χ2n) is 10.9. The van der Waals surface area contributed by atoms with Gasteiger partial charge in [0.1, 0.15) is 5.82 Å². The summed E-state index contributed by atoms with van der Waals surface area (Å²) in [5.41, 5.74) is 2.42. The van der Waals surface area contributed by atoms with Crippen LogP contribution in [0, 0.1) is 12.8 Å². The van der Waals surface area contributed by atoms with Crippen LogP contribution in [0.25, 0.3) is 16.8 Å². The summed E-state index contributed by atoms with van der Waals surface area (Å²) in [7, 11) is -3.80. The predicted molar refractivity (Wildman–Crippen MR) is 133 cm³/mol. The second-order valence-corrected chi connectivity index (χ2v) is 12.8. The Hall–Kier alpha value is -3.27. The molecule has 0 aliphatic heterocycles. The van der Waals surface area contributed by atoms with Crippen LogP contribution in [0.4, 0.5) is 0 Å².